The summed E-state index contributed by atoms with van der Waals surface area (Å²) >= 11 is 0. The first-order chi connectivity index (χ1) is 7.24. The first-order valence-corrected chi connectivity index (χ1v) is 4.94. The maximum absolute atomic E-state index is 11.7. The first-order valence-electron chi connectivity index (χ1n) is 4.94. The summed E-state index contributed by atoms with van der Waals surface area (Å²) in [6.07, 6.45) is 1.43. The van der Waals surface area contributed by atoms with Crippen LogP contribution in [0.15, 0.2) is 29.1 Å². The Bertz CT molecular complexity index is 546. The minimum Gasteiger partial charge on any atom is -0.424 e. The maximum Gasteiger partial charge on any atom is 0.293 e. The molecule has 78 valence electrons. The van der Waals surface area contributed by atoms with Gasteiger partial charge in [-0.2, -0.15) is 0 Å². The van der Waals surface area contributed by atoms with Gasteiger partial charge in [0.05, 0.1) is 10.9 Å². The van der Waals surface area contributed by atoms with Gasteiger partial charge in [0, 0.05) is 6.42 Å². The zero-order valence-electron chi connectivity index (χ0n) is 8.47. The van der Waals surface area contributed by atoms with Crippen LogP contribution in [0.2, 0.25) is 0 Å². The molecule has 0 spiro atoms. The lowest BCUT2D eigenvalue weighted by atomic mass is 10.2. The topological polar surface area (TPSA) is 55.1 Å². The molecule has 1 N–H and O–H groups in total. The van der Waals surface area contributed by atoms with Gasteiger partial charge in [0.1, 0.15) is 5.82 Å². The van der Waals surface area contributed by atoms with Crippen LogP contribution < -0.4 is 5.56 Å². The van der Waals surface area contributed by atoms with Crippen molar-refractivity contribution in [2.24, 2.45) is 0 Å². The van der Waals surface area contributed by atoms with E-state index >= 15 is 0 Å². The fourth-order valence-corrected chi connectivity index (χ4v) is 1.56. The molecule has 15 heavy (non-hydrogen) atoms. The largest absolute Gasteiger partial charge is 0.424 e. The first kappa shape index (κ1) is 9.71. The number of benzene rings is 1. The molecule has 0 aliphatic heterocycles. The summed E-state index contributed by atoms with van der Waals surface area (Å²) in [6.45, 7) is 1.97. The van der Waals surface area contributed by atoms with E-state index < -0.39 is 5.56 Å². The molecule has 0 radical (unpaired) electrons. The molecule has 1 aromatic heterocycles. The van der Waals surface area contributed by atoms with Crippen molar-refractivity contribution in [1.82, 2.24) is 9.71 Å². The molecule has 0 atom stereocenters. The second kappa shape index (κ2) is 3.73. The average molecular weight is 204 g/mol. The lowest BCUT2D eigenvalue weighted by molar-refractivity contribution is 0.162. The smallest absolute Gasteiger partial charge is 0.293 e. The molecule has 2 aromatic rings. The average Bonchev–Trinajstić information content (AvgIpc) is 2.26. The number of nitrogens with zero attached hydrogens (tertiary/aromatic N) is 2. The second-order valence-electron chi connectivity index (χ2n) is 3.41. The molecule has 0 amide bonds. The molecule has 0 aliphatic carbocycles. The highest BCUT2D eigenvalue weighted by Crippen LogP contribution is 2.07. The summed E-state index contributed by atoms with van der Waals surface area (Å²) < 4.78 is 0.645. The van der Waals surface area contributed by atoms with Crippen LogP contribution in [0.25, 0.3) is 10.9 Å². The SMILES string of the molecule is CCCc1nc2ccccc2c(=O)n1O. The molecular formula is C11H12N2O2. The quantitative estimate of drug-likeness (QED) is 0.756. The zero-order chi connectivity index (χ0) is 10.8. The summed E-state index contributed by atoms with van der Waals surface area (Å²) in [5, 5.41) is 10.0. The van der Waals surface area contributed by atoms with E-state index in [1.54, 1.807) is 18.2 Å². The van der Waals surface area contributed by atoms with E-state index in [2.05, 4.69) is 4.98 Å². The van der Waals surface area contributed by atoms with Crippen molar-refractivity contribution in [3.63, 3.8) is 0 Å². The molecule has 4 nitrogen and oxygen atoms in total. The van der Waals surface area contributed by atoms with Gasteiger partial charge >= 0.3 is 0 Å². The van der Waals surface area contributed by atoms with Crippen LogP contribution in [-0.4, -0.2) is 14.9 Å². The van der Waals surface area contributed by atoms with Gasteiger partial charge in [0.2, 0.25) is 0 Å². The Hall–Kier alpha value is -1.84. The summed E-state index contributed by atoms with van der Waals surface area (Å²) in [7, 11) is 0. The fraction of sp³-hybridized carbons (Fsp3) is 0.273. The fourth-order valence-electron chi connectivity index (χ4n) is 1.56. The van der Waals surface area contributed by atoms with Crippen LogP contribution in [0.1, 0.15) is 19.2 Å². The number of aromatic nitrogens is 2. The number of hydrogen-bond acceptors (Lipinski definition) is 3. The highest BCUT2D eigenvalue weighted by atomic mass is 16.5. The van der Waals surface area contributed by atoms with E-state index in [4.69, 9.17) is 0 Å². The van der Waals surface area contributed by atoms with Crippen LogP contribution >= 0.6 is 0 Å². The highest BCUT2D eigenvalue weighted by Gasteiger charge is 2.08. The number of fused-ring (bicyclic) bond motifs is 1. The van der Waals surface area contributed by atoms with Gasteiger partial charge in [-0.05, 0) is 18.6 Å². The molecule has 1 aromatic carbocycles. The molecule has 4 heteroatoms. The number of aryl methyl sites for hydroxylation is 1. The lowest BCUT2D eigenvalue weighted by Crippen LogP contribution is -2.23. The predicted molar refractivity (Wildman–Crippen MR) is 57.2 cm³/mol. The normalized spacial score (nSPS) is 10.7. The molecular weight excluding hydrogens is 192 g/mol. The number of para-hydroxylation sites is 1. The third-order valence-electron chi connectivity index (χ3n) is 2.29. The van der Waals surface area contributed by atoms with Crippen LogP contribution in [-0.2, 0) is 6.42 Å². The van der Waals surface area contributed by atoms with Gasteiger partial charge in [-0.15, -0.1) is 4.73 Å². The monoisotopic (exact) mass is 204 g/mol. The minimum atomic E-state index is -0.399. The molecule has 0 unspecified atom stereocenters. The van der Waals surface area contributed by atoms with Crippen LogP contribution in [0.5, 0.6) is 0 Å². The Morgan fingerprint density at radius 1 is 1.40 bits per heavy atom. The molecule has 0 bridgehead atoms. The summed E-state index contributed by atoms with van der Waals surface area (Å²) in [5.41, 5.74) is 0.236. The van der Waals surface area contributed by atoms with Gasteiger partial charge in [0.25, 0.3) is 5.56 Å². The summed E-state index contributed by atoms with van der Waals surface area (Å²) in [4.78, 5) is 15.9. The van der Waals surface area contributed by atoms with Crippen LogP contribution in [0.3, 0.4) is 0 Å². The van der Waals surface area contributed by atoms with Crippen molar-refractivity contribution in [3.05, 3.63) is 40.4 Å². The van der Waals surface area contributed by atoms with Gasteiger partial charge in [0.15, 0.2) is 0 Å². The van der Waals surface area contributed by atoms with Gasteiger partial charge in [-0.25, -0.2) is 4.98 Å². The van der Waals surface area contributed by atoms with E-state index in [9.17, 15) is 10.0 Å². The Morgan fingerprint density at radius 3 is 2.87 bits per heavy atom. The Morgan fingerprint density at radius 2 is 2.13 bits per heavy atom. The van der Waals surface area contributed by atoms with E-state index in [1.165, 1.54) is 0 Å². The molecule has 0 fully saturated rings. The summed E-state index contributed by atoms with van der Waals surface area (Å²) in [5.74, 6) is 0.418. The molecule has 2 rings (SSSR count). The van der Waals surface area contributed by atoms with E-state index in [1.807, 2.05) is 13.0 Å². The Kier molecular flexibility index (Phi) is 2.41. The third kappa shape index (κ3) is 1.58. The van der Waals surface area contributed by atoms with Gasteiger partial charge < -0.3 is 5.21 Å². The molecule has 0 aliphatic rings. The lowest BCUT2D eigenvalue weighted by Gasteiger charge is -2.05. The third-order valence-corrected chi connectivity index (χ3v) is 2.29. The molecule has 0 saturated heterocycles. The van der Waals surface area contributed by atoms with Crippen molar-refractivity contribution in [3.8, 4) is 0 Å². The maximum atomic E-state index is 11.7. The Labute approximate surface area is 86.8 Å². The highest BCUT2D eigenvalue weighted by molar-refractivity contribution is 5.77. The van der Waals surface area contributed by atoms with Crippen molar-refractivity contribution >= 4 is 10.9 Å². The van der Waals surface area contributed by atoms with Crippen molar-refractivity contribution in [2.45, 2.75) is 19.8 Å². The van der Waals surface area contributed by atoms with Crippen LogP contribution in [0.4, 0.5) is 0 Å². The molecule has 0 saturated carbocycles. The number of rotatable bonds is 2. The minimum absolute atomic E-state index is 0.399. The van der Waals surface area contributed by atoms with Gasteiger partial charge in [-0.1, -0.05) is 19.1 Å². The van der Waals surface area contributed by atoms with Crippen molar-refractivity contribution < 1.29 is 5.21 Å². The van der Waals surface area contributed by atoms with Crippen molar-refractivity contribution in [2.75, 3.05) is 0 Å². The number of hydrogen-bond donors (Lipinski definition) is 1. The van der Waals surface area contributed by atoms with E-state index in [0.717, 1.165) is 6.42 Å². The van der Waals surface area contributed by atoms with Crippen LogP contribution in [0, 0.1) is 0 Å². The van der Waals surface area contributed by atoms with Gasteiger partial charge in [-0.3, -0.25) is 4.79 Å². The summed E-state index contributed by atoms with van der Waals surface area (Å²) in [6, 6.07) is 7.01. The van der Waals surface area contributed by atoms with E-state index in [0.29, 0.717) is 27.9 Å². The van der Waals surface area contributed by atoms with Crippen molar-refractivity contribution in [1.29, 1.82) is 0 Å². The molecule has 1 heterocycles. The Balaban J connectivity index is 2.77. The standard InChI is InChI=1S/C11H12N2O2/c1-2-5-10-12-9-7-4-3-6-8(9)11(14)13(10)15/h3-4,6-7,15H,2,5H2,1H3. The van der Waals surface area contributed by atoms with E-state index in [-0.39, 0.29) is 0 Å². The second-order valence-corrected chi connectivity index (χ2v) is 3.41. The zero-order valence-corrected chi connectivity index (χ0v) is 8.47. The predicted octanol–water partition coefficient (Wildman–Crippen LogP) is 1.59.